The van der Waals surface area contributed by atoms with E-state index >= 15 is 0 Å². The molecule has 0 fully saturated rings. The Morgan fingerprint density at radius 1 is 1.07 bits per heavy atom. The Bertz CT molecular complexity index is 801. The van der Waals surface area contributed by atoms with Gasteiger partial charge in [0, 0.05) is 11.8 Å². The molecule has 6 nitrogen and oxygen atoms in total. The van der Waals surface area contributed by atoms with E-state index in [0.717, 1.165) is 11.1 Å². The smallest absolute Gasteiger partial charge is 0.344 e. The summed E-state index contributed by atoms with van der Waals surface area (Å²) in [5.41, 5.74) is 2.62. The van der Waals surface area contributed by atoms with E-state index in [-0.39, 0.29) is 19.1 Å². The van der Waals surface area contributed by atoms with Crippen molar-refractivity contribution in [2.75, 3.05) is 25.6 Å². The number of anilines is 1. The first-order chi connectivity index (χ1) is 12.9. The van der Waals surface area contributed by atoms with Gasteiger partial charge in [0.05, 0.1) is 7.11 Å². The molecule has 2 aromatic carbocycles. The summed E-state index contributed by atoms with van der Waals surface area (Å²) < 4.78 is 15.7. The number of methoxy groups -OCH3 is 1. The number of benzene rings is 2. The maximum absolute atomic E-state index is 11.9. The summed E-state index contributed by atoms with van der Waals surface area (Å²) in [7, 11) is 1.54. The van der Waals surface area contributed by atoms with Gasteiger partial charge in [-0.25, -0.2) is 4.79 Å². The zero-order chi connectivity index (χ0) is 19.8. The molecule has 0 atom stereocenters. The average Bonchev–Trinajstić information content (AvgIpc) is 2.64. The van der Waals surface area contributed by atoms with Crippen LogP contribution in [0, 0.1) is 6.92 Å². The van der Waals surface area contributed by atoms with Crippen molar-refractivity contribution in [1.29, 1.82) is 0 Å². The van der Waals surface area contributed by atoms with Crippen molar-refractivity contribution in [2.45, 2.75) is 26.7 Å². The fraction of sp³-hybridized carbons (Fsp3) is 0.333. The summed E-state index contributed by atoms with van der Waals surface area (Å²) >= 11 is 0. The van der Waals surface area contributed by atoms with Crippen molar-refractivity contribution in [3.63, 3.8) is 0 Å². The van der Waals surface area contributed by atoms with Crippen LogP contribution in [-0.2, 0) is 14.3 Å². The molecule has 2 aromatic rings. The van der Waals surface area contributed by atoms with Crippen LogP contribution < -0.4 is 14.8 Å². The zero-order valence-corrected chi connectivity index (χ0v) is 16.1. The van der Waals surface area contributed by atoms with Gasteiger partial charge < -0.3 is 19.5 Å². The van der Waals surface area contributed by atoms with E-state index in [1.807, 2.05) is 25.1 Å². The minimum Gasteiger partial charge on any atom is -0.497 e. The highest BCUT2D eigenvalue weighted by Crippen LogP contribution is 2.27. The number of esters is 1. The molecular weight excluding hydrogens is 346 g/mol. The van der Waals surface area contributed by atoms with Gasteiger partial charge in [-0.1, -0.05) is 32.0 Å². The van der Waals surface area contributed by atoms with Crippen molar-refractivity contribution >= 4 is 17.6 Å². The van der Waals surface area contributed by atoms with Crippen LogP contribution in [0.1, 0.15) is 30.9 Å². The molecule has 0 aromatic heterocycles. The van der Waals surface area contributed by atoms with Crippen LogP contribution in [0.25, 0.3) is 0 Å². The molecule has 0 spiro atoms. The molecule has 0 saturated carbocycles. The number of rotatable bonds is 8. The lowest BCUT2D eigenvalue weighted by atomic mass is 10.0. The topological polar surface area (TPSA) is 73.9 Å². The van der Waals surface area contributed by atoms with Crippen LogP contribution in [0.2, 0.25) is 0 Å². The van der Waals surface area contributed by atoms with Crippen LogP contribution in [0.5, 0.6) is 11.5 Å². The number of ether oxygens (including phenoxy) is 3. The Labute approximate surface area is 159 Å². The number of carbonyl (C=O) groups is 2. The number of nitrogens with one attached hydrogen (secondary N) is 1. The van der Waals surface area contributed by atoms with E-state index in [2.05, 4.69) is 19.2 Å². The second-order valence-electron chi connectivity index (χ2n) is 6.43. The molecule has 0 bridgehead atoms. The van der Waals surface area contributed by atoms with Crippen LogP contribution in [0.4, 0.5) is 5.69 Å². The number of hydrogen-bond donors (Lipinski definition) is 1. The largest absolute Gasteiger partial charge is 0.497 e. The highest BCUT2D eigenvalue weighted by atomic mass is 16.6. The first-order valence-corrected chi connectivity index (χ1v) is 8.72. The predicted molar refractivity (Wildman–Crippen MR) is 103 cm³/mol. The third-order valence-corrected chi connectivity index (χ3v) is 3.85. The SMILES string of the molecule is COc1cccc(NC(=O)COC(=O)COc2cc(C)ccc2C(C)C)c1. The first kappa shape index (κ1) is 20.3. The number of hydrogen-bond acceptors (Lipinski definition) is 5. The molecule has 1 amide bonds. The van der Waals surface area contributed by atoms with Crippen molar-refractivity contribution in [1.82, 2.24) is 0 Å². The van der Waals surface area contributed by atoms with Crippen LogP contribution >= 0.6 is 0 Å². The molecular formula is C21H25NO5. The van der Waals surface area contributed by atoms with E-state index in [0.29, 0.717) is 17.2 Å². The highest BCUT2D eigenvalue weighted by molar-refractivity contribution is 5.93. The van der Waals surface area contributed by atoms with E-state index < -0.39 is 11.9 Å². The van der Waals surface area contributed by atoms with Gasteiger partial charge in [0.25, 0.3) is 5.91 Å². The van der Waals surface area contributed by atoms with Crippen LogP contribution in [-0.4, -0.2) is 32.2 Å². The molecule has 144 valence electrons. The van der Waals surface area contributed by atoms with Gasteiger partial charge in [-0.2, -0.15) is 0 Å². The monoisotopic (exact) mass is 371 g/mol. The van der Waals surface area contributed by atoms with Gasteiger partial charge in [-0.15, -0.1) is 0 Å². The van der Waals surface area contributed by atoms with Crippen molar-refractivity contribution in [2.24, 2.45) is 0 Å². The normalized spacial score (nSPS) is 10.4. The van der Waals surface area contributed by atoms with E-state index in [1.54, 1.807) is 31.4 Å². The standard InChI is InChI=1S/C21H25NO5/c1-14(2)18-9-8-15(3)10-19(18)26-13-21(24)27-12-20(23)22-16-6-5-7-17(11-16)25-4/h5-11,14H,12-13H2,1-4H3,(H,22,23). The number of carbonyl (C=O) groups excluding carboxylic acids is 2. The van der Waals surface area contributed by atoms with Crippen LogP contribution in [0.3, 0.4) is 0 Å². The Morgan fingerprint density at radius 2 is 1.85 bits per heavy atom. The first-order valence-electron chi connectivity index (χ1n) is 8.72. The van der Waals surface area contributed by atoms with Gasteiger partial charge in [0.1, 0.15) is 11.5 Å². The lowest BCUT2D eigenvalue weighted by molar-refractivity contribution is -0.149. The number of amides is 1. The zero-order valence-electron chi connectivity index (χ0n) is 16.1. The molecule has 1 N–H and O–H groups in total. The molecule has 0 radical (unpaired) electrons. The minimum atomic E-state index is -0.605. The third-order valence-electron chi connectivity index (χ3n) is 3.85. The van der Waals surface area contributed by atoms with E-state index in [9.17, 15) is 9.59 Å². The average molecular weight is 371 g/mol. The second kappa shape index (κ2) is 9.62. The van der Waals surface area contributed by atoms with Gasteiger partial charge in [-0.3, -0.25) is 4.79 Å². The Balaban J connectivity index is 1.82. The quantitative estimate of drug-likeness (QED) is 0.717. The molecule has 0 aliphatic rings. The summed E-state index contributed by atoms with van der Waals surface area (Å²) in [5.74, 6) is 0.507. The van der Waals surface area contributed by atoms with Gasteiger partial charge >= 0.3 is 5.97 Å². The third kappa shape index (κ3) is 6.33. The van der Waals surface area contributed by atoms with Crippen molar-refractivity contribution < 1.29 is 23.8 Å². The summed E-state index contributed by atoms with van der Waals surface area (Å²) in [5, 5.41) is 2.64. The molecule has 6 heteroatoms. The van der Waals surface area contributed by atoms with Gasteiger partial charge in [0.2, 0.25) is 0 Å². The van der Waals surface area contributed by atoms with Gasteiger partial charge in [0.15, 0.2) is 13.2 Å². The van der Waals surface area contributed by atoms with E-state index in [1.165, 1.54) is 0 Å². The predicted octanol–water partition coefficient (Wildman–Crippen LogP) is 3.69. The second-order valence-corrected chi connectivity index (χ2v) is 6.43. The Morgan fingerprint density at radius 3 is 2.56 bits per heavy atom. The summed E-state index contributed by atoms with van der Waals surface area (Å²) in [6.07, 6.45) is 0. The molecule has 0 aliphatic heterocycles. The van der Waals surface area contributed by atoms with E-state index in [4.69, 9.17) is 14.2 Å². The summed E-state index contributed by atoms with van der Waals surface area (Å²) in [6.45, 7) is 5.43. The molecule has 27 heavy (non-hydrogen) atoms. The Hall–Kier alpha value is -3.02. The molecule has 0 aliphatic carbocycles. The summed E-state index contributed by atoms with van der Waals surface area (Å²) in [4.78, 5) is 23.8. The lowest BCUT2D eigenvalue weighted by Crippen LogP contribution is -2.23. The van der Waals surface area contributed by atoms with Crippen molar-refractivity contribution in [3.05, 3.63) is 53.6 Å². The molecule has 2 rings (SSSR count). The van der Waals surface area contributed by atoms with Crippen molar-refractivity contribution in [3.8, 4) is 11.5 Å². The fourth-order valence-electron chi connectivity index (χ4n) is 2.47. The van der Waals surface area contributed by atoms with Crippen LogP contribution in [0.15, 0.2) is 42.5 Å². The highest BCUT2D eigenvalue weighted by Gasteiger charge is 2.12. The maximum Gasteiger partial charge on any atom is 0.344 e. The van der Waals surface area contributed by atoms with Gasteiger partial charge in [-0.05, 0) is 42.2 Å². The molecule has 0 unspecified atom stereocenters. The maximum atomic E-state index is 11.9. The Kier molecular flexibility index (Phi) is 7.23. The lowest BCUT2D eigenvalue weighted by Gasteiger charge is -2.14. The molecule has 0 heterocycles. The summed E-state index contributed by atoms with van der Waals surface area (Å²) in [6, 6.07) is 12.8. The number of aryl methyl sites for hydroxylation is 1. The fourth-order valence-corrected chi connectivity index (χ4v) is 2.47. The molecule has 0 saturated heterocycles. The minimum absolute atomic E-state index is 0.254.